The molecule has 1 fully saturated rings. The van der Waals surface area contributed by atoms with Gasteiger partial charge in [0.15, 0.2) is 0 Å². The summed E-state index contributed by atoms with van der Waals surface area (Å²) in [6.45, 7) is 6.77. The molecule has 1 aliphatic carbocycles. The summed E-state index contributed by atoms with van der Waals surface area (Å²) in [7, 11) is 0. The van der Waals surface area contributed by atoms with Gasteiger partial charge in [0.05, 0.1) is 0 Å². The van der Waals surface area contributed by atoms with Crippen molar-refractivity contribution in [2.75, 3.05) is 5.88 Å². The molecule has 76 valence electrons. The van der Waals surface area contributed by atoms with E-state index in [1.54, 1.807) is 0 Å². The lowest BCUT2D eigenvalue weighted by atomic mass is 10.0. The Kier molecular flexibility index (Phi) is 2.35. The molecule has 0 saturated heterocycles. The highest BCUT2D eigenvalue weighted by molar-refractivity contribution is 6.18. The van der Waals surface area contributed by atoms with Gasteiger partial charge in [-0.3, -0.25) is 0 Å². The average molecular weight is 209 g/mol. The topological polar surface area (TPSA) is 0 Å². The molecule has 0 spiro atoms. The van der Waals surface area contributed by atoms with Crippen LogP contribution in [0.25, 0.3) is 0 Å². The fraction of sp³-hybridized carbons (Fsp3) is 0.538. The van der Waals surface area contributed by atoms with E-state index in [4.69, 9.17) is 11.6 Å². The summed E-state index contributed by atoms with van der Waals surface area (Å²) in [6, 6.07) is 8.81. The maximum atomic E-state index is 5.97. The third kappa shape index (κ3) is 1.46. The van der Waals surface area contributed by atoms with Gasteiger partial charge in [0, 0.05) is 5.88 Å². The van der Waals surface area contributed by atoms with E-state index in [0.29, 0.717) is 17.3 Å². The zero-order valence-corrected chi connectivity index (χ0v) is 9.81. The largest absolute Gasteiger partial charge is 0.126 e. The van der Waals surface area contributed by atoms with E-state index in [-0.39, 0.29) is 0 Å². The summed E-state index contributed by atoms with van der Waals surface area (Å²) in [6.07, 6.45) is 0. The fourth-order valence-electron chi connectivity index (χ4n) is 2.56. The van der Waals surface area contributed by atoms with Crippen molar-refractivity contribution < 1.29 is 0 Å². The average Bonchev–Trinajstić information content (AvgIpc) is 2.68. The minimum absolute atomic E-state index is 0.398. The number of halogens is 1. The van der Waals surface area contributed by atoms with Gasteiger partial charge in [0.25, 0.3) is 0 Å². The Balaban J connectivity index is 2.26. The van der Waals surface area contributed by atoms with Gasteiger partial charge < -0.3 is 0 Å². The van der Waals surface area contributed by atoms with Crippen molar-refractivity contribution in [3.63, 3.8) is 0 Å². The number of benzene rings is 1. The molecular weight excluding hydrogens is 192 g/mol. The molecule has 1 saturated carbocycles. The summed E-state index contributed by atoms with van der Waals surface area (Å²) in [5.74, 6) is 2.11. The predicted octanol–water partition coefficient (Wildman–Crippen LogP) is 3.97. The van der Waals surface area contributed by atoms with Crippen molar-refractivity contribution in [3.8, 4) is 0 Å². The summed E-state index contributed by atoms with van der Waals surface area (Å²) in [5, 5.41) is 0. The Bertz CT molecular complexity index is 341. The van der Waals surface area contributed by atoms with E-state index >= 15 is 0 Å². The lowest BCUT2D eigenvalue weighted by Crippen LogP contribution is -1.91. The molecule has 0 bridgehead atoms. The van der Waals surface area contributed by atoms with E-state index in [1.807, 2.05) is 0 Å². The van der Waals surface area contributed by atoms with Crippen LogP contribution in [0.3, 0.4) is 0 Å². The molecular formula is C13H17Cl. The highest BCUT2D eigenvalue weighted by Crippen LogP contribution is 2.64. The number of aryl methyl sites for hydroxylation is 1. The third-order valence-corrected chi connectivity index (χ3v) is 3.95. The van der Waals surface area contributed by atoms with Crippen molar-refractivity contribution in [2.45, 2.75) is 26.7 Å². The monoisotopic (exact) mass is 208 g/mol. The molecule has 0 radical (unpaired) electrons. The van der Waals surface area contributed by atoms with E-state index in [2.05, 4.69) is 45.0 Å². The maximum Gasteiger partial charge on any atom is 0.0263 e. The van der Waals surface area contributed by atoms with Crippen LogP contribution in [0.15, 0.2) is 24.3 Å². The molecule has 0 heterocycles. The second kappa shape index (κ2) is 3.27. The summed E-state index contributed by atoms with van der Waals surface area (Å²) < 4.78 is 0. The normalized spacial score (nSPS) is 28.9. The molecule has 1 heteroatoms. The number of rotatable bonds is 2. The summed E-state index contributed by atoms with van der Waals surface area (Å²) in [4.78, 5) is 0. The van der Waals surface area contributed by atoms with Crippen LogP contribution in [-0.2, 0) is 0 Å². The van der Waals surface area contributed by atoms with Crippen LogP contribution in [0.5, 0.6) is 0 Å². The predicted molar refractivity (Wildman–Crippen MR) is 61.9 cm³/mol. The number of hydrogen-bond donors (Lipinski definition) is 0. The molecule has 0 amide bonds. The van der Waals surface area contributed by atoms with Gasteiger partial charge >= 0.3 is 0 Å². The molecule has 0 N–H and O–H groups in total. The van der Waals surface area contributed by atoms with Crippen molar-refractivity contribution >= 4 is 11.6 Å². The molecule has 1 aliphatic rings. The van der Waals surface area contributed by atoms with E-state index in [1.165, 1.54) is 11.1 Å². The lowest BCUT2D eigenvalue weighted by molar-refractivity contribution is 0.577. The van der Waals surface area contributed by atoms with Gasteiger partial charge in [-0.15, -0.1) is 11.6 Å². The molecule has 2 unspecified atom stereocenters. The zero-order chi connectivity index (χ0) is 10.3. The third-order valence-electron chi connectivity index (χ3n) is 3.62. The zero-order valence-electron chi connectivity index (χ0n) is 9.05. The van der Waals surface area contributed by atoms with E-state index in [0.717, 1.165) is 5.88 Å². The Morgan fingerprint density at radius 2 is 2.07 bits per heavy atom. The minimum Gasteiger partial charge on any atom is -0.126 e. The molecule has 0 aliphatic heterocycles. The fourth-order valence-corrected chi connectivity index (χ4v) is 3.13. The SMILES string of the molecule is Cc1cccc(C2C(CCl)C2(C)C)c1. The van der Waals surface area contributed by atoms with Crippen molar-refractivity contribution in [1.29, 1.82) is 0 Å². The van der Waals surface area contributed by atoms with Crippen LogP contribution in [0.4, 0.5) is 0 Å². The highest BCUT2D eigenvalue weighted by atomic mass is 35.5. The van der Waals surface area contributed by atoms with Crippen molar-refractivity contribution in [2.24, 2.45) is 11.3 Å². The first kappa shape index (κ1) is 10.0. The molecule has 1 aromatic carbocycles. The Morgan fingerprint density at radius 1 is 1.36 bits per heavy atom. The molecule has 14 heavy (non-hydrogen) atoms. The number of hydrogen-bond acceptors (Lipinski definition) is 0. The van der Waals surface area contributed by atoms with Gasteiger partial charge in [0.2, 0.25) is 0 Å². The first-order valence-corrected chi connectivity index (χ1v) is 5.73. The Hall–Kier alpha value is -0.490. The minimum atomic E-state index is 0.398. The van der Waals surface area contributed by atoms with Gasteiger partial charge in [-0.1, -0.05) is 43.7 Å². The van der Waals surface area contributed by atoms with Crippen LogP contribution in [0.1, 0.15) is 30.9 Å². The van der Waals surface area contributed by atoms with Crippen LogP contribution >= 0.6 is 11.6 Å². The smallest absolute Gasteiger partial charge is 0.0263 e. The molecule has 2 atom stereocenters. The Morgan fingerprint density at radius 3 is 2.57 bits per heavy atom. The number of alkyl halides is 1. The standard InChI is InChI=1S/C13H17Cl/c1-9-5-4-6-10(7-9)12-11(8-14)13(12,2)3/h4-7,11-12H,8H2,1-3H3. The van der Waals surface area contributed by atoms with Crippen LogP contribution < -0.4 is 0 Å². The quantitative estimate of drug-likeness (QED) is 0.646. The summed E-state index contributed by atoms with van der Waals surface area (Å²) >= 11 is 5.97. The van der Waals surface area contributed by atoms with Crippen LogP contribution in [0, 0.1) is 18.3 Å². The molecule has 1 aromatic rings. The first-order valence-electron chi connectivity index (χ1n) is 5.20. The van der Waals surface area contributed by atoms with Gasteiger partial charge in [-0.2, -0.15) is 0 Å². The van der Waals surface area contributed by atoms with Gasteiger partial charge in [-0.05, 0) is 29.7 Å². The van der Waals surface area contributed by atoms with Crippen LogP contribution in [0.2, 0.25) is 0 Å². The van der Waals surface area contributed by atoms with Crippen molar-refractivity contribution in [3.05, 3.63) is 35.4 Å². The van der Waals surface area contributed by atoms with Crippen LogP contribution in [-0.4, -0.2) is 5.88 Å². The first-order chi connectivity index (χ1) is 6.57. The lowest BCUT2D eigenvalue weighted by Gasteiger charge is -2.03. The van der Waals surface area contributed by atoms with E-state index < -0.39 is 0 Å². The second-order valence-corrected chi connectivity index (χ2v) is 5.28. The van der Waals surface area contributed by atoms with Gasteiger partial charge in [-0.25, -0.2) is 0 Å². The molecule has 0 nitrogen and oxygen atoms in total. The second-order valence-electron chi connectivity index (χ2n) is 4.97. The molecule has 2 rings (SSSR count). The summed E-state index contributed by atoms with van der Waals surface area (Å²) in [5.41, 5.74) is 3.20. The maximum absolute atomic E-state index is 5.97. The van der Waals surface area contributed by atoms with Crippen molar-refractivity contribution in [1.82, 2.24) is 0 Å². The molecule has 0 aromatic heterocycles. The van der Waals surface area contributed by atoms with Gasteiger partial charge in [0.1, 0.15) is 0 Å². The van der Waals surface area contributed by atoms with E-state index in [9.17, 15) is 0 Å². The Labute approximate surface area is 91.3 Å². The highest BCUT2D eigenvalue weighted by Gasteiger charge is 2.57.